The number of esters is 1. The number of quaternary nitrogens is 1. The number of hydrogen-bond acceptors (Lipinski definition) is 7. The summed E-state index contributed by atoms with van der Waals surface area (Å²) in [6.07, 6.45) is 72.6. The number of ether oxygens (including phenoxy) is 1. The fourth-order valence-corrected chi connectivity index (χ4v) is 9.44. The smallest absolute Gasteiger partial charge is 0.306 e. The molecule has 440 valence electrons. The molecule has 0 radical (unpaired) electrons. The van der Waals surface area contributed by atoms with Gasteiger partial charge in [0.2, 0.25) is 5.91 Å². The quantitative estimate of drug-likeness (QED) is 0.0212. The molecule has 0 aliphatic heterocycles. The summed E-state index contributed by atoms with van der Waals surface area (Å²) >= 11 is 0. The van der Waals surface area contributed by atoms with Crippen molar-refractivity contribution in [3.05, 3.63) is 85.1 Å². The molecule has 1 N–H and O–H groups in total. The molecule has 1 amide bonds. The Morgan fingerprint density at radius 1 is 0.474 bits per heavy atom. The molecule has 0 aromatic rings. The summed E-state index contributed by atoms with van der Waals surface area (Å²) in [6.45, 7) is 6.71. The van der Waals surface area contributed by atoms with Crippen molar-refractivity contribution in [2.45, 2.75) is 283 Å². The maximum Gasteiger partial charge on any atom is 0.306 e. The van der Waals surface area contributed by atoms with Crippen LogP contribution < -0.4 is 10.2 Å². The van der Waals surface area contributed by atoms with Crippen LogP contribution >= 0.6 is 7.82 Å². The van der Waals surface area contributed by atoms with Crippen LogP contribution in [0.1, 0.15) is 271 Å². The molecule has 0 saturated heterocycles. The van der Waals surface area contributed by atoms with Crippen molar-refractivity contribution in [2.75, 3.05) is 40.9 Å². The molecule has 0 bridgehead atoms. The monoisotopic (exact) mass is 1080 g/mol. The number of hydrogen-bond donors (Lipinski definition) is 1. The van der Waals surface area contributed by atoms with Gasteiger partial charge < -0.3 is 28.5 Å². The Labute approximate surface area is 469 Å². The average Bonchev–Trinajstić information content (AvgIpc) is 3.38. The molecule has 0 aromatic carbocycles. The molecule has 0 spiro atoms. The minimum absolute atomic E-state index is 0.0280. The lowest BCUT2D eigenvalue weighted by Crippen LogP contribution is -2.47. The molecule has 10 heteroatoms. The number of amides is 1. The fraction of sp³-hybridized carbons (Fsp3) is 0.758. The van der Waals surface area contributed by atoms with Crippen LogP contribution in [0.2, 0.25) is 0 Å². The van der Waals surface area contributed by atoms with Gasteiger partial charge in [-0.1, -0.05) is 241 Å². The summed E-state index contributed by atoms with van der Waals surface area (Å²) in [7, 11) is 1.17. The molecular formula is C66H119N2O7P. The molecular weight excluding hydrogens is 964 g/mol. The van der Waals surface area contributed by atoms with Gasteiger partial charge in [-0.2, -0.15) is 0 Å². The number of nitrogens with zero attached hydrogens (tertiary/aromatic N) is 1. The van der Waals surface area contributed by atoms with Crippen molar-refractivity contribution in [1.29, 1.82) is 0 Å². The van der Waals surface area contributed by atoms with Gasteiger partial charge in [-0.3, -0.25) is 14.2 Å². The second-order valence-electron chi connectivity index (χ2n) is 22.2. The molecule has 9 nitrogen and oxygen atoms in total. The zero-order valence-corrected chi connectivity index (χ0v) is 51.1. The Bertz CT molecular complexity index is 1580. The fourth-order valence-electron chi connectivity index (χ4n) is 8.72. The van der Waals surface area contributed by atoms with E-state index in [9.17, 15) is 19.0 Å². The third kappa shape index (κ3) is 55.9. The predicted molar refractivity (Wildman–Crippen MR) is 325 cm³/mol. The Morgan fingerprint density at radius 2 is 0.842 bits per heavy atom. The highest BCUT2D eigenvalue weighted by Crippen LogP contribution is 2.38. The van der Waals surface area contributed by atoms with Gasteiger partial charge in [0.05, 0.1) is 33.8 Å². The summed E-state index contributed by atoms with van der Waals surface area (Å²) in [5.74, 6) is -0.559. The van der Waals surface area contributed by atoms with Crippen LogP contribution in [0.5, 0.6) is 0 Å². The first-order valence-electron chi connectivity index (χ1n) is 31.4. The van der Waals surface area contributed by atoms with Gasteiger partial charge in [-0.25, -0.2) is 0 Å². The number of phosphoric ester groups is 1. The van der Waals surface area contributed by atoms with Gasteiger partial charge >= 0.3 is 5.97 Å². The molecule has 3 unspecified atom stereocenters. The minimum atomic E-state index is -4.70. The van der Waals surface area contributed by atoms with Crippen molar-refractivity contribution >= 4 is 19.7 Å². The zero-order chi connectivity index (χ0) is 55.7. The zero-order valence-electron chi connectivity index (χ0n) is 50.2. The highest BCUT2D eigenvalue weighted by molar-refractivity contribution is 7.45. The molecule has 0 fully saturated rings. The first-order valence-corrected chi connectivity index (χ1v) is 32.9. The number of nitrogens with one attached hydrogen (secondary N) is 1. The number of phosphoric acid groups is 1. The third-order valence-corrected chi connectivity index (χ3v) is 14.5. The van der Waals surface area contributed by atoms with Crippen molar-refractivity contribution in [3.63, 3.8) is 0 Å². The second-order valence-corrected chi connectivity index (χ2v) is 23.6. The van der Waals surface area contributed by atoms with Crippen molar-refractivity contribution in [2.24, 2.45) is 0 Å². The first-order chi connectivity index (χ1) is 36.9. The van der Waals surface area contributed by atoms with Crippen LogP contribution in [0, 0.1) is 0 Å². The Balaban J connectivity index is 5.24. The van der Waals surface area contributed by atoms with Gasteiger partial charge in [-0.15, -0.1) is 0 Å². The second kappa shape index (κ2) is 55.5. The van der Waals surface area contributed by atoms with Crippen LogP contribution in [-0.4, -0.2) is 69.4 Å². The maximum absolute atomic E-state index is 13.5. The van der Waals surface area contributed by atoms with Gasteiger partial charge in [-0.05, 0) is 102 Å². The summed E-state index contributed by atoms with van der Waals surface area (Å²) in [5.41, 5.74) is 0. The lowest BCUT2D eigenvalue weighted by atomic mass is 10.0. The van der Waals surface area contributed by atoms with Crippen LogP contribution in [-0.2, 0) is 27.9 Å². The van der Waals surface area contributed by atoms with Crippen LogP contribution in [0.4, 0.5) is 0 Å². The number of allylic oxidation sites excluding steroid dienone is 13. The third-order valence-electron chi connectivity index (χ3n) is 13.6. The lowest BCUT2D eigenvalue weighted by Gasteiger charge is -2.30. The topological polar surface area (TPSA) is 114 Å². The number of carbonyl (C=O) groups excluding carboxylic acids is 2. The molecule has 0 heterocycles. The normalized spacial score (nSPS) is 14.2. The predicted octanol–water partition coefficient (Wildman–Crippen LogP) is 18.8. The van der Waals surface area contributed by atoms with Crippen LogP contribution in [0.15, 0.2) is 85.1 Å². The maximum atomic E-state index is 13.5. The molecule has 0 aliphatic carbocycles. The minimum Gasteiger partial charge on any atom is -0.756 e. The number of likely N-dealkylation sites (N-methyl/N-ethyl adjacent to an activating group) is 1. The van der Waals surface area contributed by atoms with Crippen molar-refractivity contribution in [1.82, 2.24) is 5.32 Å². The van der Waals surface area contributed by atoms with E-state index >= 15 is 0 Å². The standard InChI is InChI=1S/C66H119N2O7P/c1-7-10-13-16-19-22-25-28-30-31-32-33-34-35-36-37-39-41-44-47-50-53-56-59-66(70)75-64(57-54-51-48-45-42-27-24-21-18-15-12-9-3)63(62-74-76(71,72)73-61-60-68(4,5)6)67-65(69)58-55-52-49-46-43-40-38-29-26-23-20-17-14-11-8-2/h10,13,19,22-23,26,28,30,32-33,35-36,54,57,63-64H,7-9,11-12,14-18,20-21,24-25,27,29,31,34,37-53,55-56,58-62H2,1-6H3,(H-,67,69,71,72)/b13-10-,22-19-,26-23-,30-28-,33-32-,36-35-,57-54-. The average molecular weight is 1080 g/mol. The van der Waals surface area contributed by atoms with E-state index in [1.807, 2.05) is 33.3 Å². The lowest BCUT2D eigenvalue weighted by molar-refractivity contribution is -0.870. The highest BCUT2D eigenvalue weighted by Gasteiger charge is 2.27. The van der Waals surface area contributed by atoms with E-state index in [1.165, 1.54) is 122 Å². The summed E-state index contributed by atoms with van der Waals surface area (Å²) in [5, 5.41) is 3.02. The molecule has 0 aliphatic rings. The van der Waals surface area contributed by atoms with Crippen LogP contribution in [0.3, 0.4) is 0 Å². The summed E-state index contributed by atoms with van der Waals surface area (Å²) in [4.78, 5) is 40.0. The van der Waals surface area contributed by atoms with E-state index in [2.05, 4.69) is 99.0 Å². The van der Waals surface area contributed by atoms with E-state index in [0.717, 1.165) is 109 Å². The van der Waals surface area contributed by atoms with Gasteiger partial charge in [0.15, 0.2) is 0 Å². The Kier molecular flexibility index (Phi) is 53.5. The van der Waals surface area contributed by atoms with Crippen LogP contribution in [0.25, 0.3) is 0 Å². The number of rotatable bonds is 56. The van der Waals surface area contributed by atoms with E-state index in [-0.39, 0.29) is 24.9 Å². The van der Waals surface area contributed by atoms with Crippen molar-refractivity contribution < 1.29 is 37.3 Å². The molecule has 3 atom stereocenters. The molecule has 0 rings (SSSR count). The first kappa shape index (κ1) is 73.2. The van der Waals surface area contributed by atoms with E-state index in [1.54, 1.807) is 0 Å². The SMILES string of the molecule is CC/C=C\C/C=C\C/C=C\C/C=C\C/C=C\CCCCCCCCCC(=O)OC(/C=C\CCCCCCCCCCCC)C(COP(=O)([O-])OCC[N+](C)(C)C)NC(=O)CCCCCCCCC/C=C\CCCCCC. The highest BCUT2D eigenvalue weighted by atomic mass is 31.2. The number of unbranched alkanes of at least 4 members (excludes halogenated alkanes) is 28. The van der Waals surface area contributed by atoms with Crippen molar-refractivity contribution in [3.8, 4) is 0 Å². The Morgan fingerprint density at radius 3 is 1.29 bits per heavy atom. The molecule has 0 aromatic heterocycles. The van der Waals surface area contributed by atoms with E-state index in [0.29, 0.717) is 23.9 Å². The van der Waals surface area contributed by atoms with Gasteiger partial charge in [0.25, 0.3) is 7.82 Å². The molecule has 76 heavy (non-hydrogen) atoms. The summed E-state index contributed by atoms with van der Waals surface area (Å²) < 4.78 is 30.3. The number of carbonyl (C=O) groups is 2. The summed E-state index contributed by atoms with van der Waals surface area (Å²) in [6, 6.07) is -0.898. The Hall–Kier alpha value is -2.81. The van der Waals surface area contributed by atoms with Gasteiger partial charge in [0, 0.05) is 12.8 Å². The van der Waals surface area contributed by atoms with Gasteiger partial charge in [0.1, 0.15) is 19.3 Å². The van der Waals surface area contributed by atoms with E-state index < -0.39 is 26.6 Å². The molecule has 0 saturated carbocycles. The van der Waals surface area contributed by atoms with E-state index in [4.69, 9.17) is 13.8 Å². The largest absolute Gasteiger partial charge is 0.756 e.